The Hall–Kier alpha value is -2.06. The van der Waals surface area contributed by atoms with Gasteiger partial charge in [-0.05, 0) is 31.9 Å². The highest BCUT2D eigenvalue weighted by molar-refractivity contribution is 5.78. The molecule has 0 aliphatic carbocycles. The molecule has 2 rings (SSSR count). The van der Waals surface area contributed by atoms with Crippen LogP contribution in [0.3, 0.4) is 0 Å². The maximum atomic E-state index is 12.1. The minimum atomic E-state index is -0.821. The number of hydrogen-bond acceptors (Lipinski definition) is 4. The number of nitriles is 1. The van der Waals surface area contributed by atoms with Gasteiger partial charge in [-0.3, -0.25) is 4.79 Å². The monoisotopic (exact) mass is 274 g/mol. The molecular formula is C15H18N2O3. The van der Waals surface area contributed by atoms with Gasteiger partial charge in [-0.25, -0.2) is 0 Å². The fraction of sp³-hybridized carbons (Fsp3) is 0.467. The number of likely N-dealkylation sites (tertiary alicyclic amines) is 1. The lowest BCUT2D eigenvalue weighted by Gasteiger charge is -2.36. The molecule has 1 aliphatic heterocycles. The molecule has 1 unspecified atom stereocenters. The molecule has 0 spiro atoms. The molecule has 0 bridgehead atoms. The molecule has 1 aromatic rings. The Labute approximate surface area is 118 Å². The Morgan fingerprint density at radius 3 is 3.00 bits per heavy atom. The lowest BCUT2D eigenvalue weighted by molar-refractivity contribution is -0.139. The van der Waals surface area contributed by atoms with Gasteiger partial charge in [0.05, 0.1) is 11.2 Å². The van der Waals surface area contributed by atoms with Crippen LogP contribution in [0.2, 0.25) is 0 Å². The summed E-state index contributed by atoms with van der Waals surface area (Å²) in [4.78, 5) is 13.7. The van der Waals surface area contributed by atoms with Crippen LogP contribution >= 0.6 is 0 Å². The standard InChI is InChI=1S/C15H18N2O3/c1-15(19)7-4-8-17(11-15)14(18)10-20-13-6-3-2-5-12(13)9-16/h2-3,5-6,19H,4,7-8,10-11H2,1H3. The average molecular weight is 274 g/mol. The molecular weight excluding hydrogens is 256 g/mol. The predicted molar refractivity (Wildman–Crippen MR) is 73.1 cm³/mol. The lowest BCUT2D eigenvalue weighted by atomic mass is 9.95. The molecule has 1 saturated heterocycles. The van der Waals surface area contributed by atoms with Gasteiger partial charge in [-0.1, -0.05) is 12.1 Å². The van der Waals surface area contributed by atoms with Crippen molar-refractivity contribution < 1.29 is 14.6 Å². The van der Waals surface area contributed by atoms with Crippen molar-refractivity contribution in [2.75, 3.05) is 19.7 Å². The van der Waals surface area contributed by atoms with Crippen LogP contribution in [0.4, 0.5) is 0 Å². The van der Waals surface area contributed by atoms with E-state index >= 15 is 0 Å². The van der Waals surface area contributed by atoms with Crippen molar-refractivity contribution in [3.05, 3.63) is 29.8 Å². The number of ether oxygens (including phenoxy) is 1. The SMILES string of the molecule is CC1(O)CCCN(C(=O)COc2ccccc2C#N)C1. The number of hydrogen-bond donors (Lipinski definition) is 1. The second kappa shape index (κ2) is 5.93. The number of amides is 1. The van der Waals surface area contributed by atoms with Crippen molar-refractivity contribution in [2.45, 2.75) is 25.4 Å². The first-order valence-corrected chi connectivity index (χ1v) is 6.64. The summed E-state index contributed by atoms with van der Waals surface area (Å²) in [6.07, 6.45) is 1.49. The Bertz CT molecular complexity index is 534. The molecule has 0 aromatic heterocycles. The van der Waals surface area contributed by atoms with Crippen molar-refractivity contribution >= 4 is 5.91 Å². The molecule has 5 heteroatoms. The van der Waals surface area contributed by atoms with Gasteiger partial charge in [0.15, 0.2) is 6.61 Å². The molecule has 1 heterocycles. The van der Waals surface area contributed by atoms with Gasteiger partial charge in [-0.15, -0.1) is 0 Å². The summed E-state index contributed by atoms with van der Waals surface area (Å²) in [5.74, 6) is 0.241. The van der Waals surface area contributed by atoms with E-state index < -0.39 is 5.60 Å². The van der Waals surface area contributed by atoms with E-state index in [1.807, 2.05) is 6.07 Å². The molecule has 1 amide bonds. The largest absolute Gasteiger partial charge is 0.482 e. The lowest BCUT2D eigenvalue weighted by Crippen LogP contribution is -2.49. The zero-order valence-corrected chi connectivity index (χ0v) is 11.5. The molecule has 0 saturated carbocycles. The van der Waals surface area contributed by atoms with Crippen LogP contribution in [0.15, 0.2) is 24.3 Å². The highest BCUT2D eigenvalue weighted by Gasteiger charge is 2.30. The molecule has 5 nitrogen and oxygen atoms in total. The summed E-state index contributed by atoms with van der Waals surface area (Å²) in [6, 6.07) is 8.83. The van der Waals surface area contributed by atoms with Gasteiger partial charge < -0.3 is 14.7 Å². The number of carbonyl (C=O) groups excluding carboxylic acids is 1. The highest BCUT2D eigenvalue weighted by Crippen LogP contribution is 2.21. The third kappa shape index (κ3) is 3.49. The van der Waals surface area contributed by atoms with E-state index in [1.54, 1.807) is 36.1 Å². The number of β-amino-alcohol motifs (C(OH)–C–C–N with tert-alkyl or cyclic N) is 1. The van der Waals surface area contributed by atoms with Crippen molar-refractivity contribution in [1.82, 2.24) is 4.90 Å². The quantitative estimate of drug-likeness (QED) is 0.902. The Balaban J connectivity index is 1.94. The van der Waals surface area contributed by atoms with Crippen molar-refractivity contribution in [1.29, 1.82) is 5.26 Å². The summed E-state index contributed by atoms with van der Waals surface area (Å²) >= 11 is 0. The summed E-state index contributed by atoms with van der Waals surface area (Å²) in [5.41, 5.74) is -0.413. The van der Waals surface area contributed by atoms with Gasteiger partial charge in [0.1, 0.15) is 11.8 Å². The van der Waals surface area contributed by atoms with Crippen LogP contribution in [0, 0.1) is 11.3 Å². The van der Waals surface area contributed by atoms with E-state index in [1.165, 1.54) is 0 Å². The maximum Gasteiger partial charge on any atom is 0.260 e. The van der Waals surface area contributed by atoms with E-state index in [4.69, 9.17) is 10.00 Å². The van der Waals surface area contributed by atoms with Gasteiger partial charge in [0, 0.05) is 13.1 Å². The van der Waals surface area contributed by atoms with Crippen LogP contribution in [0.25, 0.3) is 0 Å². The second-order valence-electron chi connectivity index (χ2n) is 5.31. The number of nitrogens with zero attached hydrogens (tertiary/aromatic N) is 2. The predicted octanol–water partition coefficient (Wildman–Crippen LogP) is 1.31. The first-order valence-electron chi connectivity index (χ1n) is 6.64. The molecule has 1 N–H and O–H groups in total. The van der Waals surface area contributed by atoms with E-state index in [-0.39, 0.29) is 12.5 Å². The zero-order chi connectivity index (χ0) is 14.6. The second-order valence-corrected chi connectivity index (χ2v) is 5.31. The first kappa shape index (κ1) is 14.4. The Morgan fingerprint density at radius 2 is 2.30 bits per heavy atom. The smallest absolute Gasteiger partial charge is 0.260 e. The van der Waals surface area contributed by atoms with Gasteiger partial charge in [0.25, 0.3) is 5.91 Å². The number of benzene rings is 1. The molecule has 106 valence electrons. The first-order chi connectivity index (χ1) is 9.52. The van der Waals surface area contributed by atoms with Crippen molar-refractivity contribution in [3.8, 4) is 11.8 Å². The molecule has 1 atom stereocenters. The topological polar surface area (TPSA) is 73.6 Å². The van der Waals surface area contributed by atoms with Gasteiger partial charge >= 0.3 is 0 Å². The highest BCUT2D eigenvalue weighted by atomic mass is 16.5. The average Bonchev–Trinajstić information content (AvgIpc) is 2.44. The number of rotatable bonds is 3. The maximum absolute atomic E-state index is 12.1. The van der Waals surface area contributed by atoms with Crippen LogP contribution in [-0.2, 0) is 4.79 Å². The zero-order valence-electron chi connectivity index (χ0n) is 11.5. The molecule has 0 radical (unpaired) electrons. The van der Waals surface area contributed by atoms with Crippen molar-refractivity contribution in [3.63, 3.8) is 0 Å². The Kier molecular flexibility index (Phi) is 4.26. The van der Waals surface area contributed by atoms with Crippen LogP contribution < -0.4 is 4.74 Å². The number of carbonyl (C=O) groups is 1. The molecule has 1 fully saturated rings. The molecule has 1 aromatic carbocycles. The fourth-order valence-corrected chi connectivity index (χ4v) is 2.35. The van der Waals surface area contributed by atoms with E-state index in [0.717, 1.165) is 6.42 Å². The molecule has 1 aliphatic rings. The third-order valence-corrected chi connectivity index (χ3v) is 3.39. The van der Waals surface area contributed by atoms with E-state index in [2.05, 4.69) is 0 Å². The number of para-hydroxylation sites is 1. The minimum absolute atomic E-state index is 0.116. The molecule has 20 heavy (non-hydrogen) atoms. The van der Waals surface area contributed by atoms with Crippen LogP contribution in [0.5, 0.6) is 5.75 Å². The minimum Gasteiger partial charge on any atom is -0.482 e. The summed E-state index contributed by atoms with van der Waals surface area (Å²) in [6.45, 7) is 2.58. The van der Waals surface area contributed by atoms with Crippen LogP contribution in [-0.4, -0.2) is 41.2 Å². The van der Waals surface area contributed by atoms with Gasteiger partial charge in [0.2, 0.25) is 0 Å². The summed E-state index contributed by atoms with van der Waals surface area (Å²) in [5, 5.41) is 18.9. The van der Waals surface area contributed by atoms with Gasteiger partial charge in [-0.2, -0.15) is 5.26 Å². The summed E-state index contributed by atoms with van der Waals surface area (Å²) in [7, 11) is 0. The van der Waals surface area contributed by atoms with E-state index in [9.17, 15) is 9.90 Å². The number of aliphatic hydroxyl groups is 1. The fourth-order valence-electron chi connectivity index (χ4n) is 2.35. The summed E-state index contributed by atoms with van der Waals surface area (Å²) < 4.78 is 5.42. The van der Waals surface area contributed by atoms with E-state index in [0.29, 0.717) is 30.8 Å². The van der Waals surface area contributed by atoms with Crippen molar-refractivity contribution in [2.24, 2.45) is 0 Å². The Morgan fingerprint density at radius 1 is 1.55 bits per heavy atom. The number of piperidine rings is 1. The van der Waals surface area contributed by atoms with Crippen LogP contribution in [0.1, 0.15) is 25.3 Å². The normalized spacial score (nSPS) is 22.1. The third-order valence-electron chi connectivity index (χ3n) is 3.39.